The first-order chi connectivity index (χ1) is 5.95. The SMILES string of the molecule is O=S(=O)(Cl)c1ccc(Cl)cc1NO. The number of halogens is 2. The minimum absolute atomic E-state index is 0.0532. The molecule has 1 aromatic rings. The third-order valence-electron chi connectivity index (χ3n) is 1.32. The highest BCUT2D eigenvalue weighted by Gasteiger charge is 2.15. The molecule has 0 saturated carbocycles. The van der Waals surface area contributed by atoms with Crippen LogP contribution in [0.3, 0.4) is 0 Å². The summed E-state index contributed by atoms with van der Waals surface area (Å²) in [5, 5.41) is 8.87. The van der Waals surface area contributed by atoms with Crippen LogP contribution in [0.25, 0.3) is 0 Å². The molecule has 0 fully saturated rings. The van der Waals surface area contributed by atoms with Gasteiger partial charge in [0.05, 0.1) is 5.69 Å². The Labute approximate surface area is 84.5 Å². The van der Waals surface area contributed by atoms with Gasteiger partial charge < -0.3 is 0 Å². The fourth-order valence-corrected chi connectivity index (χ4v) is 1.98. The predicted octanol–water partition coefficient (Wildman–Crippen LogP) is 2.07. The lowest BCUT2D eigenvalue weighted by atomic mass is 10.3. The third-order valence-corrected chi connectivity index (χ3v) is 2.94. The van der Waals surface area contributed by atoms with E-state index in [0.29, 0.717) is 5.02 Å². The van der Waals surface area contributed by atoms with Crippen LogP contribution >= 0.6 is 22.3 Å². The summed E-state index contributed by atoms with van der Waals surface area (Å²) in [6, 6.07) is 3.80. The number of hydrogen-bond donors (Lipinski definition) is 2. The second-order valence-corrected chi connectivity index (χ2v) is 5.16. The standard InChI is InChI=1S/C6H5Cl2NO3S/c7-4-1-2-6(13(8,11)12)5(3-4)9-10/h1-3,9-10H. The lowest BCUT2D eigenvalue weighted by Gasteiger charge is -2.04. The molecular weight excluding hydrogens is 237 g/mol. The second kappa shape index (κ2) is 3.71. The molecule has 0 bridgehead atoms. The minimum atomic E-state index is -3.87. The first-order valence-electron chi connectivity index (χ1n) is 3.09. The van der Waals surface area contributed by atoms with Gasteiger partial charge in [0.25, 0.3) is 9.05 Å². The summed E-state index contributed by atoms with van der Waals surface area (Å²) in [7, 11) is 1.20. The van der Waals surface area contributed by atoms with Gasteiger partial charge in [-0.3, -0.25) is 10.7 Å². The highest BCUT2D eigenvalue weighted by Crippen LogP contribution is 2.27. The Hall–Kier alpha value is -0.490. The largest absolute Gasteiger partial charge is 0.291 e. The summed E-state index contributed by atoms with van der Waals surface area (Å²) in [6.45, 7) is 0. The van der Waals surface area contributed by atoms with E-state index in [1.54, 1.807) is 5.48 Å². The average molecular weight is 242 g/mol. The van der Waals surface area contributed by atoms with Crippen molar-refractivity contribution in [2.75, 3.05) is 5.48 Å². The molecule has 1 aromatic carbocycles. The molecule has 0 atom stereocenters. The lowest BCUT2D eigenvalue weighted by molar-refractivity contribution is 0.387. The molecule has 7 heteroatoms. The minimum Gasteiger partial charge on any atom is -0.291 e. The monoisotopic (exact) mass is 241 g/mol. The van der Waals surface area contributed by atoms with Gasteiger partial charge in [0, 0.05) is 15.7 Å². The lowest BCUT2D eigenvalue weighted by Crippen LogP contribution is -1.98. The zero-order valence-electron chi connectivity index (χ0n) is 6.16. The zero-order valence-corrected chi connectivity index (χ0v) is 8.49. The van der Waals surface area contributed by atoms with Gasteiger partial charge in [-0.25, -0.2) is 8.42 Å². The average Bonchev–Trinajstić information content (AvgIpc) is 2.01. The van der Waals surface area contributed by atoms with Gasteiger partial charge in [0.15, 0.2) is 0 Å². The Balaban J connectivity index is 3.39. The number of nitrogens with one attached hydrogen (secondary N) is 1. The molecule has 4 nitrogen and oxygen atoms in total. The van der Waals surface area contributed by atoms with E-state index >= 15 is 0 Å². The molecule has 0 amide bonds. The fourth-order valence-electron chi connectivity index (χ4n) is 0.802. The van der Waals surface area contributed by atoms with Crippen LogP contribution in [0.5, 0.6) is 0 Å². The van der Waals surface area contributed by atoms with E-state index in [0.717, 1.165) is 0 Å². The van der Waals surface area contributed by atoms with E-state index in [1.807, 2.05) is 0 Å². The number of hydrogen-bond acceptors (Lipinski definition) is 4. The van der Waals surface area contributed by atoms with Crippen LogP contribution in [0.2, 0.25) is 5.02 Å². The van der Waals surface area contributed by atoms with E-state index < -0.39 is 9.05 Å². The molecule has 0 heterocycles. The van der Waals surface area contributed by atoms with Crippen molar-refractivity contribution in [2.45, 2.75) is 4.90 Å². The Morgan fingerprint density at radius 3 is 2.46 bits per heavy atom. The van der Waals surface area contributed by atoms with Crippen molar-refractivity contribution < 1.29 is 13.6 Å². The molecule has 72 valence electrons. The van der Waals surface area contributed by atoms with Crippen molar-refractivity contribution in [1.82, 2.24) is 0 Å². The maximum Gasteiger partial charge on any atom is 0.263 e. The van der Waals surface area contributed by atoms with Crippen molar-refractivity contribution in [3.63, 3.8) is 0 Å². The molecule has 0 aliphatic rings. The first kappa shape index (κ1) is 10.6. The van der Waals surface area contributed by atoms with E-state index in [9.17, 15) is 8.42 Å². The molecule has 0 saturated heterocycles. The van der Waals surface area contributed by atoms with Crippen molar-refractivity contribution >= 4 is 37.0 Å². The van der Waals surface area contributed by atoms with Crippen molar-refractivity contribution in [3.8, 4) is 0 Å². The molecule has 0 radical (unpaired) electrons. The van der Waals surface area contributed by atoms with Gasteiger partial charge in [0.2, 0.25) is 0 Å². The smallest absolute Gasteiger partial charge is 0.263 e. The molecule has 0 aliphatic heterocycles. The molecule has 13 heavy (non-hydrogen) atoms. The van der Waals surface area contributed by atoms with Crippen LogP contribution in [0.1, 0.15) is 0 Å². The topological polar surface area (TPSA) is 66.4 Å². The van der Waals surface area contributed by atoms with Gasteiger partial charge in [-0.15, -0.1) is 0 Å². The van der Waals surface area contributed by atoms with Gasteiger partial charge in [-0.05, 0) is 18.2 Å². The van der Waals surface area contributed by atoms with E-state index in [1.165, 1.54) is 18.2 Å². The normalized spacial score (nSPS) is 11.3. The second-order valence-electron chi connectivity index (χ2n) is 2.19. The summed E-state index contributed by atoms with van der Waals surface area (Å²) < 4.78 is 21.8. The molecule has 0 aromatic heterocycles. The van der Waals surface area contributed by atoms with Gasteiger partial charge in [-0.1, -0.05) is 11.6 Å². The third kappa shape index (κ3) is 2.47. The Morgan fingerprint density at radius 2 is 2.00 bits per heavy atom. The van der Waals surface area contributed by atoms with Gasteiger partial charge in [0.1, 0.15) is 4.90 Å². The Bertz CT molecular complexity index is 418. The maximum atomic E-state index is 10.9. The summed E-state index contributed by atoms with van der Waals surface area (Å²) >= 11 is 5.56. The summed E-state index contributed by atoms with van der Waals surface area (Å²) in [5.41, 5.74) is 1.64. The molecular formula is C6H5Cl2NO3S. The van der Waals surface area contributed by atoms with E-state index in [4.69, 9.17) is 27.5 Å². The van der Waals surface area contributed by atoms with Crippen molar-refractivity contribution in [3.05, 3.63) is 23.2 Å². The first-order valence-corrected chi connectivity index (χ1v) is 5.78. The molecule has 0 aliphatic carbocycles. The molecule has 1 rings (SSSR count). The highest BCUT2D eigenvalue weighted by molar-refractivity contribution is 8.13. The van der Waals surface area contributed by atoms with Gasteiger partial charge >= 0.3 is 0 Å². The summed E-state index contributed by atoms with van der Waals surface area (Å²) in [5.74, 6) is 0. The maximum absolute atomic E-state index is 10.9. The van der Waals surface area contributed by atoms with Crippen LogP contribution in [0.4, 0.5) is 5.69 Å². The van der Waals surface area contributed by atoms with E-state index in [-0.39, 0.29) is 10.6 Å². The Morgan fingerprint density at radius 1 is 1.38 bits per heavy atom. The van der Waals surface area contributed by atoms with Crippen LogP contribution < -0.4 is 5.48 Å². The number of benzene rings is 1. The zero-order chi connectivity index (χ0) is 10.1. The summed E-state index contributed by atoms with van der Waals surface area (Å²) in [4.78, 5) is -0.221. The summed E-state index contributed by atoms with van der Waals surface area (Å²) in [6.07, 6.45) is 0. The quantitative estimate of drug-likeness (QED) is 0.615. The molecule has 0 spiro atoms. The van der Waals surface area contributed by atoms with Crippen LogP contribution in [0, 0.1) is 0 Å². The fraction of sp³-hybridized carbons (Fsp3) is 0. The van der Waals surface area contributed by atoms with Crippen LogP contribution in [0.15, 0.2) is 23.1 Å². The highest BCUT2D eigenvalue weighted by atomic mass is 35.7. The Kier molecular flexibility index (Phi) is 3.02. The number of rotatable bonds is 2. The molecule has 2 N–H and O–H groups in total. The van der Waals surface area contributed by atoms with Crippen molar-refractivity contribution in [2.24, 2.45) is 0 Å². The van der Waals surface area contributed by atoms with Gasteiger partial charge in [-0.2, -0.15) is 0 Å². The number of anilines is 1. The predicted molar refractivity (Wildman–Crippen MR) is 49.9 cm³/mol. The van der Waals surface area contributed by atoms with Crippen molar-refractivity contribution in [1.29, 1.82) is 0 Å². The molecule has 0 unspecified atom stereocenters. The van der Waals surface area contributed by atoms with Crippen LogP contribution in [-0.4, -0.2) is 13.6 Å². The van der Waals surface area contributed by atoms with Crippen LogP contribution in [-0.2, 0) is 9.05 Å². The van der Waals surface area contributed by atoms with E-state index in [2.05, 4.69) is 0 Å².